The van der Waals surface area contributed by atoms with Gasteiger partial charge in [0.05, 0.1) is 24.0 Å². The van der Waals surface area contributed by atoms with Crippen molar-refractivity contribution in [2.45, 2.75) is 19.9 Å². The first-order valence-electron chi connectivity index (χ1n) is 7.82. The molecule has 2 atom stereocenters. The molecule has 1 heterocycles. The van der Waals surface area contributed by atoms with Crippen molar-refractivity contribution in [3.05, 3.63) is 24.0 Å². The SMILES string of the molecule is COCCNC(=O)C(C)(C)COC1=CC=CC2NS(=O)(=O)N=C(N)C12. The molecule has 0 aromatic carbocycles. The monoisotopic (exact) mass is 372 g/mol. The van der Waals surface area contributed by atoms with Gasteiger partial charge in [0.2, 0.25) is 5.91 Å². The third-order valence-corrected chi connectivity index (χ3v) is 4.90. The second kappa shape index (κ2) is 7.54. The Morgan fingerprint density at radius 2 is 2.20 bits per heavy atom. The van der Waals surface area contributed by atoms with Crippen LogP contribution in [0.5, 0.6) is 0 Å². The number of hydrogen-bond acceptors (Lipinski definition) is 6. The van der Waals surface area contributed by atoms with E-state index in [0.29, 0.717) is 18.9 Å². The van der Waals surface area contributed by atoms with E-state index in [4.69, 9.17) is 15.2 Å². The number of nitrogens with zero attached hydrogens (tertiary/aromatic N) is 1. The lowest BCUT2D eigenvalue weighted by atomic mass is 9.91. The fourth-order valence-corrected chi connectivity index (χ4v) is 3.47. The van der Waals surface area contributed by atoms with Gasteiger partial charge in [-0.2, -0.15) is 13.1 Å². The van der Waals surface area contributed by atoms with E-state index in [9.17, 15) is 13.2 Å². The van der Waals surface area contributed by atoms with E-state index in [2.05, 4.69) is 14.4 Å². The number of nitrogens with two attached hydrogens (primary N) is 1. The quantitative estimate of drug-likeness (QED) is 0.513. The Hall–Kier alpha value is -1.91. The summed E-state index contributed by atoms with van der Waals surface area (Å²) >= 11 is 0. The van der Waals surface area contributed by atoms with Crippen LogP contribution in [0.25, 0.3) is 0 Å². The molecule has 0 saturated carbocycles. The minimum absolute atomic E-state index is 0.0401. The average molecular weight is 372 g/mol. The minimum Gasteiger partial charge on any atom is -0.496 e. The zero-order valence-corrected chi connectivity index (χ0v) is 15.3. The number of ether oxygens (including phenoxy) is 2. The maximum atomic E-state index is 12.2. The van der Waals surface area contributed by atoms with Gasteiger partial charge in [0.1, 0.15) is 18.2 Å². The standard InChI is InChI=1S/C15H24N4O5S/c1-15(2,14(20)17-7-8-23-3)9-24-11-6-4-5-10-12(11)13(16)19-25(21,22)18-10/h4-6,10,12,18H,7-9H2,1-3H3,(H2,16,19)(H,17,20). The number of rotatable bonds is 7. The van der Waals surface area contributed by atoms with Crippen LogP contribution >= 0.6 is 0 Å². The Bertz CT molecular complexity index is 711. The summed E-state index contributed by atoms with van der Waals surface area (Å²) in [5.74, 6) is -0.268. The van der Waals surface area contributed by atoms with E-state index in [1.54, 1.807) is 39.2 Å². The molecule has 0 aromatic heterocycles. The minimum atomic E-state index is -3.79. The molecule has 0 saturated heterocycles. The van der Waals surface area contributed by atoms with Crippen LogP contribution < -0.4 is 15.8 Å². The predicted octanol–water partition coefficient (Wildman–Crippen LogP) is -0.564. The fraction of sp³-hybridized carbons (Fsp3) is 0.600. The second-order valence-corrected chi connectivity index (χ2v) is 7.86. The summed E-state index contributed by atoms with van der Waals surface area (Å²) in [4.78, 5) is 12.2. The van der Waals surface area contributed by atoms with Crippen LogP contribution in [0.15, 0.2) is 28.4 Å². The maximum absolute atomic E-state index is 12.2. The molecule has 9 nitrogen and oxygen atoms in total. The summed E-state index contributed by atoms with van der Waals surface area (Å²) in [7, 11) is -2.23. The maximum Gasteiger partial charge on any atom is 0.322 e. The summed E-state index contributed by atoms with van der Waals surface area (Å²) in [6, 6.07) is -0.554. The van der Waals surface area contributed by atoms with Gasteiger partial charge in [-0.05, 0) is 19.9 Å². The zero-order valence-electron chi connectivity index (χ0n) is 14.5. The van der Waals surface area contributed by atoms with E-state index in [-0.39, 0.29) is 18.3 Å². The van der Waals surface area contributed by atoms with E-state index >= 15 is 0 Å². The third-order valence-electron chi connectivity index (χ3n) is 3.88. The third kappa shape index (κ3) is 4.80. The van der Waals surface area contributed by atoms with E-state index in [1.165, 1.54) is 0 Å². The lowest BCUT2D eigenvalue weighted by Crippen LogP contribution is -2.51. The number of carbonyl (C=O) groups is 1. The normalized spacial score (nSPS) is 24.8. The Labute approximate surface area is 147 Å². The molecule has 4 N–H and O–H groups in total. The van der Waals surface area contributed by atoms with E-state index in [0.717, 1.165) is 0 Å². The summed E-state index contributed by atoms with van der Waals surface area (Å²) < 4.78 is 39.8. The highest BCUT2D eigenvalue weighted by Crippen LogP contribution is 2.28. The van der Waals surface area contributed by atoms with Crippen LogP contribution in [0.4, 0.5) is 0 Å². The number of nitrogens with one attached hydrogen (secondary N) is 2. The molecule has 140 valence electrons. The lowest BCUT2D eigenvalue weighted by molar-refractivity contribution is -0.132. The first kappa shape index (κ1) is 19.4. The van der Waals surface area contributed by atoms with Crippen LogP contribution in [0, 0.1) is 11.3 Å². The highest BCUT2D eigenvalue weighted by Gasteiger charge is 2.38. The Kier molecular flexibility index (Phi) is 5.86. The molecule has 1 amide bonds. The van der Waals surface area contributed by atoms with Crippen LogP contribution in [-0.2, 0) is 24.5 Å². The number of allylic oxidation sites excluding steroid dienone is 2. The highest BCUT2D eigenvalue weighted by molar-refractivity contribution is 7.88. The molecule has 0 aromatic rings. The Balaban J connectivity index is 2.04. The van der Waals surface area contributed by atoms with Crippen LogP contribution in [0.2, 0.25) is 0 Å². The van der Waals surface area contributed by atoms with Gasteiger partial charge in [-0.15, -0.1) is 4.40 Å². The number of fused-ring (bicyclic) bond motifs is 1. The molecule has 25 heavy (non-hydrogen) atoms. The van der Waals surface area contributed by atoms with Gasteiger partial charge in [0.25, 0.3) is 0 Å². The highest BCUT2D eigenvalue weighted by atomic mass is 32.2. The number of methoxy groups -OCH3 is 1. The Morgan fingerprint density at radius 3 is 2.88 bits per heavy atom. The van der Waals surface area contributed by atoms with Gasteiger partial charge in [-0.1, -0.05) is 12.2 Å². The second-order valence-electron chi connectivity index (χ2n) is 6.49. The molecule has 0 spiro atoms. The number of carbonyl (C=O) groups excluding carboxylic acids is 1. The summed E-state index contributed by atoms with van der Waals surface area (Å²) in [6.07, 6.45) is 5.06. The average Bonchev–Trinajstić information content (AvgIpc) is 2.51. The van der Waals surface area contributed by atoms with Crippen molar-refractivity contribution in [2.24, 2.45) is 21.5 Å². The van der Waals surface area contributed by atoms with Gasteiger partial charge < -0.3 is 20.5 Å². The van der Waals surface area contributed by atoms with E-state index in [1.807, 2.05) is 0 Å². The number of amidine groups is 1. The Morgan fingerprint density at radius 1 is 1.48 bits per heavy atom. The molecular weight excluding hydrogens is 348 g/mol. The van der Waals surface area contributed by atoms with Crippen LogP contribution in [0.1, 0.15) is 13.8 Å². The first-order chi connectivity index (χ1) is 11.7. The molecule has 10 heteroatoms. The fourth-order valence-electron chi connectivity index (χ4n) is 2.47. The van der Waals surface area contributed by atoms with Crippen molar-refractivity contribution in [3.8, 4) is 0 Å². The predicted molar refractivity (Wildman–Crippen MR) is 92.8 cm³/mol. The first-order valence-corrected chi connectivity index (χ1v) is 9.26. The van der Waals surface area contributed by atoms with Gasteiger partial charge in [-0.25, -0.2) is 0 Å². The molecule has 1 aliphatic heterocycles. The molecular formula is C15H24N4O5S. The van der Waals surface area contributed by atoms with Gasteiger partial charge >= 0.3 is 10.2 Å². The molecule has 2 rings (SSSR count). The van der Waals surface area contributed by atoms with Gasteiger partial charge in [-0.3, -0.25) is 4.79 Å². The van der Waals surface area contributed by atoms with E-state index < -0.39 is 27.6 Å². The molecule has 0 bridgehead atoms. The van der Waals surface area contributed by atoms with Crippen molar-refractivity contribution in [1.29, 1.82) is 0 Å². The van der Waals surface area contributed by atoms with Crippen molar-refractivity contribution in [2.75, 3.05) is 26.9 Å². The summed E-state index contributed by atoms with van der Waals surface area (Å²) in [5.41, 5.74) is 5.03. The number of hydrogen-bond donors (Lipinski definition) is 3. The van der Waals surface area contributed by atoms with Gasteiger partial charge in [0.15, 0.2) is 0 Å². The topological polar surface area (TPSA) is 132 Å². The van der Waals surface area contributed by atoms with Gasteiger partial charge in [0, 0.05) is 13.7 Å². The summed E-state index contributed by atoms with van der Waals surface area (Å²) in [6.45, 7) is 4.46. The largest absolute Gasteiger partial charge is 0.496 e. The summed E-state index contributed by atoms with van der Waals surface area (Å²) in [5, 5.41) is 2.77. The lowest BCUT2D eigenvalue weighted by Gasteiger charge is -2.33. The molecule has 0 fully saturated rings. The van der Waals surface area contributed by atoms with Crippen LogP contribution in [-0.4, -0.2) is 53.1 Å². The molecule has 0 radical (unpaired) electrons. The smallest absolute Gasteiger partial charge is 0.322 e. The zero-order chi connectivity index (χ0) is 18.7. The van der Waals surface area contributed by atoms with Crippen molar-refractivity contribution in [3.63, 3.8) is 0 Å². The molecule has 1 aliphatic carbocycles. The van der Waals surface area contributed by atoms with Crippen molar-refractivity contribution in [1.82, 2.24) is 10.0 Å². The number of amides is 1. The molecule has 2 aliphatic rings. The van der Waals surface area contributed by atoms with Crippen molar-refractivity contribution >= 4 is 22.0 Å². The van der Waals surface area contributed by atoms with Crippen molar-refractivity contribution < 1.29 is 22.7 Å². The molecule has 2 unspecified atom stereocenters. The van der Waals surface area contributed by atoms with Crippen LogP contribution in [0.3, 0.4) is 0 Å².